The first-order valence-electron chi connectivity index (χ1n) is 7.21. The van der Waals surface area contributed by atoms with Crippen LogP contribution in [0, 0.1) is 6.92 Å². The fraction of sp³-hybridized carbons (Fsp3) is 0.643. The molecule has 0 saturated heterocycles. The molecule has 1 aliphatic rings. The highest BCUT2D eigenvalue weighted by Crippen LogP contribution is 2.39. The molecule has 110 valence electrons. The number of anilines is 2. The summed E-state index contributed by atoms with van der Waals surface area (Å²) in [5.41, 5.74) is 6.72. The van der Waals surface area contributed by atoms with Crippen LogP contribution < -0.4 is 16.4 Å². The van der Waals surface area contributed by atoms with Crippen LogP contribution in [0.3, 0.4) is 0 Å². The zero-order valence-electron chi connectivity index (χ0n) is 12.4. The largest absolute Gasteiger partial charge is 0.383 e. The SMILES string of the molecule is CCCNC(=O)C(C)Nc1nc(C2CC2)nc(N)c1C. The lowest BCUT2D eigenvalue weighted by atomic mass is 10.2. The maximum absolute atomic E-state index is 11.9. The first kappa shape index (κ1) is 14.6. The normalized spacial score (nSPS) is 15.8. The lowest BCUT2D eigenvalue weighted by Crippen LogP contribution is -2.38. The maximum Gasteiger partial charge on any atom is 0.242 e. The predicted molar refractivity (Wildman–Crippen MR) is 79.5 cm³/mol. The number of nitrogen functional groups attached to an aromatic ring is 1. The number of aromatic nitrogens is 2. The molecule has 1 saturated carbocycles. The van der Waals surface area contributed by atoms with E-state index in [1.54, 1.807) is 0 Å². The van der Waals surface area contributed by atoms with E-state index >= 15 is 0 Å². The van der Waals surface area contributed by atoms with E-state index in [-0.39, 0.29) is 11.9 Å². The van der Waals surface area contributed by atoms with Crippen molar-refractivity contribution in [2.75, 3.05) is 17.6 Å². The summed E-state index contributed by atoms with van der Waals surface area (Å²) in [6.07, 6.45) is 3.16. The Kier molecular flexibility index (Phi) is 4.42. The van der Waals surface area contributed by atoms with Gasteiger partial charge in [-0.3, -0.25) is 4.79 Å². The zero-order valence-corrected chi connectivity index (χ0v) is 12.4. The van der Waals surface area contributed by atoms with E-state index in [2.05, 4.69) is 20.6 Å². The van der Waals surface area contributed by atoms with Crippen molar-refractivity contribution in [3.63, 3.8) is 0 Å². The van der Waals surface area contributed by atoms with Crippen molar-refractivity contribution in [1.82, 2.24) is 15.3 Å². The van der Waals surface area contributed by atoms with Gasteiger partial charge in [0.05, 0.1) is 0 Å². The summed E-state index contributed by atoms with van der Waals surface area (Å²) >= 11 is 0. The minimum atomic E-state index is -0.346. The average molecular weight is 277 g/mol. The first-order valence-corrected chi connectivity index (χ1v) is 7.21. The van der Waals surface area contributed by atoms with Gasteiger partial charge in [0.2, 0.25) is 5.91 Å². The second-order valence-electron chi connectivity index (χ2n) is 5.37. The Hall–Kier alpha value is -1.85. The molecule has 1 atom stereocenters. The molecule has 0 spiro atoms. The summed E-state index contributed by atoms with van der Waals surface area (Å²) in [6, 6.07) is -0.346. The van der Waals surface area contributed by atoms with Crippen LogP contribution in [0.15, 0.2) is 0 Å². The van der Waals surface area contributed by atoms with E-state index in [1.165, 1.54) is 0 Å². The van der Waals surface area contributed by atoms with E-state index < -0.39 is 0 Å². The van der Waals surface area contributed by atoms with Gasteiger partial charge in [-0.25, -0.2) is 9.97 Å². The Morgan fingerprint density at radius 2 is 2.15 bits per heavy atom. The molecule has 1 aliphatic carbocycles. The Morgan fingerprint density at radius 3 is 2.75 bits per heavy atom. The lowest BCUT2D eigenvalue weighted by Gasteiger charge is -2.17. The molecular weight excluding hydrogens is 254 g/mol. The van der Waals surface area contributed by atoms with Gasteiger partial charge in [-0.05, 0) is 33.1 Å². The van der Waals surface area contributed by atoms with Crippen molar-refractivity contribution in [2.45, 2.75) is 52.0 Å². The number of hydrogen-bond donors (Lipinski definition) is 3. The summed E-state index contributed by atoms with van der Waals surface area (Å²) in [6.45, 7) is 6.39. The second-order valence-corrected chi connectivity index (χ2v) is 5.37. The molecule has 1 unspecified atom stereocenters. The Morgan fingerprint density at radius 1 is 1.45 bits per heavy atom. The van der Waals surface area contributed by atoms with Crippen LogP contribution in [0.2, 0.25) is 0 Å². The quantitative estimate of drug-likeness (QED) is 0.734. The van der Waals surface area contributed by atoms with Gasteiger partial charge in [0.1, 0.15) is 23.5 Å². The summed E-state index contributed by atoms with van der Waals surface area (Å²) in [4.78, 5) is 20.7. The van der Waals surface area contributed by atoms with Crippen LogP contribution in [0.4, 0.5) is 11.6 Å². The van der Waals surface area contributed by atoms with Crippen molar-refractivity contribution >= 4 is 17.5 Å². The molecule has 1 fully saturated rings. The third kappa shape index (κ3) is 3.37. The van der Waals surface area contributed by atoms with Crippen LogP contribution in [-0.2, 0) is 4.79 Å². The van der Waals surface area contributed by atoms with Gasteiger partial charge < -0.3 is 16.4 Å². The van der Waals surface area contributed by atoms with E-state index in [0.717, 1.165) is 30.7 Å². The number of nitrogens with one attached hydrogen (secondary N) is 2. The van der Waals surface area contributed by atoms with Gasteiger partial charge >= 0.3 is 0 Å². The first-order chi connectivity index (χ1) is 9.52. The summed E-state index contributed by atoms with van der Waals surface area (Å²) < 4.78 is 0. The summed E-state index contributed by atoms with van der Waals surface area (Å²) in [5.74, 6) is 2.35. The Balaban J connectivity index is 2.09. The van der Waals surface area contributed by atoms with Crippen molar-refractivity contribution < 1.29 is 4.79 Å². The molecule has 0 bridgehead atoms. The average Bonchev–Trinajstić information content (AvgIpc) is 3.25. The fourth-order valence-corrected chi connectivity index (χ4v) is 1.89. The summed E-state index contributed by atoms with van der Waals surface area (Å²) in [5, 5.41) is 6.00. The molecule has 6 heteroatoms. The van der Waals surface area contributed by atoms with Crippen LogP contribution in [0.1, 0.15) is 50.4 Å². The van der Waals surface area contributed by atoms with Crippen molar-refractivity contribution in [3.05, 3.63) is 11.4 Å². The molecule has 6 nitrogen and oxygen atoms in total. The minimum Gasteiger partial charge on any atom is -0.383 e. The van der Waals surface area contributed by atoms with Gasteiger partial charge in [0.25, 0.3) is 0 Å². The topological polar surface area (TPSA) is 92.9 Å². The molecular formula is C14H23N5O. The number of rotatable bonds is 6. The van der Waals surface area contributed by atoms with Gasteiger partial charge in [-0.1, -0.05) is 6.92 Å². The number of carbonyl (C=O) groups is 1. The third-order valence-corrected chi connectivity index (χ3v) is 3.44. The monoisotopic (exact) mass is 277 g/mol. The highest BCUT2D eigenvalue weighted by Gasteiger charge is 2.28. The molecule has 0 radical (unpaired) electrons. The molecule has 0 aliphatic heterocycles. The van der Waals surface area contributed by atoms with E-state index in [4.69, 9.17) is 5.73 Å². The molecule has 1 heterocycles. The molecule has 0 aromatic carbocycles. The van der Waals surface area contributed by atoms with Gasteiger partial charge in [0.15, 0.2) is 0 Å². The minimum absolute atomic E-state index is 0.0311. The van der Waals surface area contributed by atoms with E-state index in [0.29, 0.717) is 24.1 Å². The second kappa shape index (κ2) is 6.07. The maximum atomic E-state index is 11.9. The number of amides is 1. The fourth-order valence-electron chi connectivity index (χ4n) is 1.89. The standard InChI is InChI=1S/C14H23N5O/c1-4-7-16-14(20)9(3)17-12-8(2)11(15)18-13(19-12)10-5-6-10/h9-10H,4-7H2,1-3H3,(H,16,20)(H3,15,17,18,19). The van der Waals surface area contributed by atoms with Crippen LogP contribution in [0.25, 0.3) is 0 Å². The third-order valence-electron chi connectivity index (χ3n) is 3.44. The van der Waals surface area contributed by atoms with Gasteiger partial charge in [-0.2, -0.15) is 0 Å². The van der Waals surface area contributed by atoms with E-state index in [9.17, 15) is 4.79 Å². The molecule has 1 amide bonds. The number of nitrogens with two attached hydrogens (primary N) is 1. The highest BCUT2D eigenvalue weighted by molar-refractivity contribution is 5.84. The lowest BCUT2D eigenvalue weighted by molar-refractivity contribution is -0.121. The molecule has 1 aromatic rings. The highest BCUT2D eigenvalue weighted by atomic mass is 16.2. The number of carbonyl (C=O) groups excluding carboxylic acids is 1. The molecule has 1 aromatic heterocycles. The van der Waals surface area contributed by atoms with Crippen molar-refractivity contribution in [1.29, 1.82) is 0 Å². The van der Waals surface area contributed by atoms with Crippen LogP contribution in [0.5, 0.6) is 0 Å². The van der Waals surface area contributed by atoms with Crippen molar-refractivity contribution in [3.8, 4) is 0 Å². The summed E-state index contributed by atoms with van der Waals surface area (Å²) in [7, 11) is 0. The van der Waals surface area contributed by atoms with Gasteiger partial charge in [0, 0.05) is 18.0 Å². The molecule has 20 heavy (non-hydrogen) atoms. The number of hydrogen-bond acceptors (Lipinski definition) is 5. The zero-order chi connectivity index (χ0) is 14.7. The van der Waals surface area contributed by atoms with E-state index in [1.807, 2.05) is 20.8 Å². The Labute approximate surface area is 119 Å². The predicted octanol–water partition coefficient (Wildman–Crippen LogP) is 1.57. The van der Waals surface area contributed by atoms with Gasteiger partial charge in [-0.15, -0.1) is 0 Å². The Bertz CT molecular complexity index is 499. The molecule has 2 rings (SSSR count). The number of nitrogens with zero attached hydrogens (tertiary/aromatic N) is 2. The smallest absolute Gasteiger partial charge is 0.242 e. The van der Waals surface area contributed by atoms with Crippen molar-refractivity contribution in [2.24, 2.45) is 0 Å². The van der Waals surface area contributed by atoms with Crippen LogP contribution >= 0.6 is 0 Å². The molecule has 4 N–H and O–H groups in total. The van der Waals surface area contributed by atoms with Crippen LogP contribution in [-0.4, -0.2) is 28.5 Å².